The standard InChI is InChI=1S/C30H32N4O.H2S/c35-29(31-27(22-33-19-9-10-20-33)24-13-5-2-6-14-24)30(17-18-30)28-25-15-7-8-16-26(25)32-34(28)21-23-11-3-1-4-12-23;/h1-8,11-16,27H,9-10,17-22H2,(H,31,35);1H2/t27-;/m1./s1. The number of benzene rings is 3. The Hall–Kier alpha value is -3.09. The van der Waals surface area contributed by atoms with E-state index in [-0.39, 0.29) is 25.4 Å². The Morgan fingerprint density at radius 2 is 1.53 bits per heavy atom. The molecular formula is C30H34N4OS. The van der Waals surface area contributed by atoms with E-state index in [0.29, 0.717) is 6.54 Å². The van der Waals surface area contributed by atoms with Gasteiger partial charge in [-0.15, -0.1) is 0 Å². The molecule has 2 heterocycles. The third kappa shape index (κ3) is 4.80. The summed E-state index contributed by atoms with van der Waals surface area (Å²) in [5.41, 5.74) is 3.85. The van der Waals surface area contributed by atoms with Gasteiger partial charge in [0.05, 0.1) is 29.2 Å². The predicted molar refractivity (Wildman–Crippen MR) is 150 cm³/mol. The van der Waals surface area contributed by atoms with Crippen molar-refractivity contribution < 1.29 is 4.79 Å². The molecule has 3 aromatic carbocycles. The van der Waals surface area contributed by atoms with Crippen LogP contribution in [0.1, 0.15) is 48.5 Å². The monoisotopic (exact) mass is 498 g/mol. The maximum absolute atomic E-state index is 14.1. The van der Waals surface area contributed by atoms with Gasteiger partial charge >= 0.3 is 0 Å². The minimum Gasteiger partial charge on any atom is -0.347 e. The maximum Gasteiger partial charge on any atom is 0.232 e. The van der Waals surface area contributed by atoms with Gasteiger partial charge in [0.15, 0.2) is 0 Å². The van der Waals surface area contributed by atoms with Gasteiger partial charge in [0.2, 0.25) is 5.91 Å². The van der Waals surface area contributed by atoms with Gasteiger partial charge in [0, 0.05) is 11.9 Å². The summed E-state index contributed by atoms with van der Waals surface area (Å²) in [5.74, 6) is 0.130. The van der Waals surface area contributed by atoms with Crippen molar-refractivity contribution in [2.45, 2.75) is 43.7 Å². The number of nitrogens with zero attached hydrogens (tertiary/aromatic N) is 3. The zero-order valence-corrected chi connectivity index (χ0v) is 21.6. The molecule has 0 bridgehead atoms. The van der Waals surface area contributed by atoms with E-state index < -0.39 is 5.41 Å². The van der Waals surface area contributed by atoms with Crippen molar-refractivity contribution in [2.24, 2.45) is 0 Å². The number of carbonyl (C=O) groups excluding carboxylic acids is 1. The summed E-state index contributed by atoms with van der Waals surface area (Å²) in [7, 11) is 0. The lowest BCUT2D eigenvalue weighted by Crippen LogP contribution is -2.42. The number of aromatic nitrogens is 2. The maximum atomic E-state index is 14.1. The second kappa shape index (κ2) is 10.5. The van der Waals surface area contributed by atoms with Crippen LogP contribution in [-0.2, 0) is 16.8 Å². The van der Waals surface area contributed by atoms with E-state index in [1.165, 1.54) is 24.0 Å². The lowest BCUT2D eigenvalue weighted by atomic mass is 9.96. The smallest absolute Gasteiger partial charge is 0.232 e. The highest BCUT2D eigenvalue weighted by Crippen LogP contribution is 2.51. The van der Waals surface area contributed by atoms with Crippen LogP contribution < -0.4 is 5.32 Å². The summed E-state index contributed by atoms with van der Waals surface area (Å²) in [4.78, 5) is 16.5. The largest absolute Gasteiger partial charge is 0.347 e. The molecule has 5 nitrogen and oxygen atoms in total. The molecule has 1 N–H and O–H groups in total. The molecule has 1 saturated carbocycles. The molecule has 1 aliphatic carbocycles. The average Bonchev–Trinajstić information content (AvgIpc) is 3.36. The fraction of sp³-hybridized carbons (Fsp3) is 0.333. The van der Waals surface area contributed by atoms with Gasteiger partial charge in [0.25, 0.3) is 0 Å². The van der Waals surface area contributed by atoms with E-state index in [1.54, 1.807) is 0 Å². The Morgan fingerprint density at radius 1 is 0.889 bits per heavy atom. The molecule has 1 aliphatic heterocycles. The topological polar surface area (TPSA) is 50.2 Å². The lowest BCUT2D eigenvalue weighted by Gasteiger charge is -2.27. The number of amides is 1. The molecule has 0 unspecified atom stereocenters. The van der Waals surface area contributed by atoms with Gasteiger partial charge in [-0.1, -0.05) is 78.9 Å². The molecule has 6 rings (SSSR count). The van der Waals surface area contributed by atoms with Crippen LogP contribution in [0.4, 0.5) is 0 Å². The van der Waals surface area contributed by atoms with Crippen LogP contribution in [0.25, 0.3) is 10.9 Å². The van der Waals surface area contributed by atoms with E-state index in [2.05, 4.69) is 81.6 Å². The molecule has 2 fully saturated rings. The first-order valence-corrected chi connectivity index (χ1v) is 12.8. The van der Waals surface area contributed by atoms with E-state index in [9.17, 15) is 4.79 Å². The third-order valence-corrected chi connectivity index (χ3v) is 7.61. The van der Waals surface area contributed by atoms with Crippen molar-refractivity contribution in [3.8, 4) is 0 Å². The van der Waals surface area contributed by atoms with Crippen molar-refractivity contribution in [1.29, 1.82) is 0 Å². The summed E-state index contributed by atoms with van der Waals surface area (Å²) in [6.07, 6.45) is 4.19. The molecule has 1 amide bonds. The molecule has 4 aromatic rings. The van der Waals surface area contributed by atoms with E-state index >= 15 is 0 Å². The fourth-order valence-electron chi connectivity index (χ4n) is 5.59. The van der Waals surface area contributed by atoms with E-state index in [0.717, 1.165) is 49.1 Å². The number of likely N-dealkylation sites (tertiary alicyclic amines) is 1. The van der Waals surface area contributed by atoms with Gasteiger partial charge in [-0.25, -0.2) is 0 Å². The van der Waals surface area contributed by atoms with Crippen LogP contribution in [0, 0.1) is 0 Å². The Kier molecular flexibility index (Phi) is 7.17. The Labute approximate surface area is 220 Å². The molecule has 1 aromatic heterocycles. The molecule has 6 heteroatoms. The minimum atomic E-state index is -0.525. The van der Waals surface area contributed by atoms with E-state index in [1.807, 2.05) is 18.2 Å². The molecule has 0 radical (unpaired) electrons. The number of rotatable bonds is 8. The number of nitrogens with one attached hydrogen (secondary N) is 1. The van der Waals surface area contributed by atoms with Crippen molar-refractivity contribution in [1.82, 2.24) is 20.0 Å². The van der Waals surface area contributed by atoms with Gasteiger partial charge in [-0.3, -0.25) is 9.48 Å². The van der Waals surface area contributed by atoms with Crippen molar-refractivity contribution in [3.63, 3.8) is 0 Å². The predicted octanol–water partition coefficient (Wildman–Crippen LogP) is 5.18. The lowest BCUT2D eigenvalue weighted by molar-refractivity contribution is -0.124. The van der Waals surface area contributed by atoms with Gasteiger partial charge in [-0.05, 0) is 56.0 Å². The van der Waals surface area contributed by atoms with Crippen molar-refractivity contribution >= 4 is 30.3 Å². The molecule has 36 heavy (non-hydrogen) atoms. The highest BCUT2D eigenvalue weighted by Gasteiger charge is 2.55. The van der Waals surface area contributed by atoms with E-state index in [4.69, 9.17) is 5.10 Å². The van der Waals surface area contributed by atoms with Gasteiger partial charge in [0.1, 0.15) is 0 Å². The summed E-state index contributed by atoms with van der Waals surface area (Å²) in [6, 6.07) is 29.0. The van der Waals surface area contributed by atoms with Crippen molar-refractivity contribution in [2.75, 3.05) is 19.6 Å². The quantitative estimate of drug-likeness (QED) is 0.364. The molecular weight excluding hydrogens is 464 g/mol. The highest BCUT2D eigenvalue weighted by atomic mass is 32.1. The molecule has 186 valence electrons. The SMILES string of the molecule is O=C(N[C@H](CN1CCCC1)c1ccccc1)C1(c2c3ccccc3nn2Cc2ccccc2)CC1.S. The second-order valence-corrected chi connectivity index (χ2v) is 10.0. The Morgan fingerprint density at radius 3 is 2.22 bits per heavy atom. The molecule has 0 spiro atoms. The Balaban J connectivity index is 0.00000267. The van der Waals surface area contributed by atoms with Gasteiger partial charge in [-0.2, -0.15) is 18.6 Å². The second-order valence-electron chi connectivity index (χ2n) is 10.0. The third-order valence-electron chi connectivity index (χ3n) is 7.61. The van der Waals surface area contributed by atoms with Crippen LogP contribution in [0.5, 0.6) is 0 Å². The summed E-state index contributed by atoms with van der Waals surface area (Å²) >= 11 is 0. The number of hydrogen-bond acceptors (Lipinski definition) is 3. The number of fused-ring (bicyclic) bond motifs is 1. The van der Waals surface area contributed by atoms with Crippen molar-refractivity contribution in [3.05, 3.63) is 102 Å². The molecule has 1 atom stereocenters. The minimum absolute atomic E-state index is 0. The zero-order valence-electron chi connectivity index (χ0n) is 20.6. The van der Waals surface area contributed by atoms with Crippen LogP contribution in [0.2, 0.25) is 0 Å². The number of carbonyl (C=O) groups is 1. The average molecular weight is 499 g/mol. The Bertz CT molecular complexity index is 1310. The zero-order chi connectivity index (χ0) is 23.7. The van der Waals surface area contributed by atoms with Crippen LogP contribution in [-0.4, -0.2) is 40.2 Å². The molecule has 2 aliphatic rings. The van der Waals surface area contributed by atoms with Crippen LogP contribution in [0.3, 0.4) is 0 Å². The van der Waals surface area contributed by atoms with Crippen LogP contribution >= 0.6 is 13.5 Å². The highest BCUT2D eigenvalue weighted by molar-refractivity contribution is 7.59. The first-order valence-electron chi connectivity index (χ1n) is 12.8. The summed E-state index contributed by atoms with van der Waals surface area (Å²) in [6.45, 7) is 3.74. The van der Waals surface area contributed by atoms with Crippen LogP contribution in [0.15, 0.2) is 84.9 Å². The molecule has 1 saturated heterocycles. The van der Waals surface area contributed by atoms with Gasteiger partial charge < -0.3 is 10.2 Å². The fourth-order valence-corrected chi connectivity index (χ4v) is 5.59. The normalized spacial score (nSPS) is 17.4. The first-order chi connectivity index (χ1) is 17.2. The summed E-state index contributed by atoms with van der Waals surface area (Å²) < 4.78 is 2.07. The number of hydrogen-bond donors (Lipinski definition) is 1. The summed E-state index contributed by atoms with van der Waals surface area (Å²) in [5, 5.41) is 9.52. The first kappa shape index (κ1) is 24.6.